The summed E-state index contributed by atoms with van der Waals surface area (Å²) >= 11 is 0. The van der Waals surface area contributed by atoms with Crippen molar-refractivity contribution in [3.05, 3.63) is 41.9 Å². The fraction of sp³-hybridized carbons (Fsp3) is 0.308. The first-order valence-electron chi connectivity index (χ1n) is 5.64. The molecule has 3 nitrogen and oxygen atoms in total. The van der Waals surface area contributed by atoms with Crippen molar-refractivity contribution in [1.29, 1.82) is 0 Å². The van der Waals surface area contributed by atoms with E-state index in [0.717, 1.165) is 18.6 Å². The van der Waals surface area contributed by atoms with Gasteiger partial charge in [-0.1, -0.05) is 0 Å². The number of hydrogen-bond acceptors (Lipinski definition) is 3. The van der Waals surface area contributed by atoms with Crippen LogP contribution in [-0.4, -0.2) is 16.9 Å². The summed E-state index contributed by atoms with van der Waals surface area (Å²) in [4.78, 5) is 4.40. The summed E-state index contributed by atoms with van der Waals surface area (Å²) < 4.78 is 12.8. The number of aliphatic hydroxyl groups excluding tert-OH is 1. The van der Waals surface area contributed by atoms with Crippen LogP contribution in [0.25, 0.3) is 0 Å². The molecule has 0 amide bonds. The van der Waals surface area contributed by atoms with E-state index >= 15 is 0 Å². The van der Waals surface area contributed by atoms with Gasteiger partial charge in [0.15, 0.2) is 0 Å². The zero-order chi connectivity index (χ0) is 12.3. The molecule has 0 saturated heterocycles. The Balaban J connectivity index is 2.28. The third-order valence-corrected chi connectivity index (χ3v) is 2.85. The lowest BCUT2D eigenvalue weighted by Crippen LogP contribution is -2.24. The van der Waals surface area contributed by atoms with E-state index in [4.69, 9.17) is 5.73 Å². The number of aliphatic imine (C=N–C) groups is 1. The molecule has 0 spiro atoms. The van der Waals surface area contributed by atoms with Gasteiger partial charge in [0.2, 0.25) is 0 Å². The molecule has 0 aliphatic heterocycles. The van der Waals surface area contributed by atoms with Crippen molar-refractivity contribution in [3.8, 4) is 0 Å². The quantitative estimate of drug-likeness (QED) is 0.783. The second-order valence-corrected chi connectivity index (χ2v) is 4.06. The van der Waals surface area contributed by atoms with Crippen LogP contribution in [0.15, 0.2) is 41.0 Å². The molecular formula is C13H15FN2O. The Morgan fingerprint density at radius 3 is 2.71 bits per heavy atom. The van der Waals surface area contributed by atoms with Crippen LogP contribution in [0, 0.1) is 5.82 Å². The minimum Gasteiger partial charge on any atom is -0.404 e. The van der Waals surface area contributed by atoms with E-state index in [2.05, 4.69) is 4.99 Å². The van der Waals surface area contributed by atoms with Crippen LogP contribution >= 0.6 is 0 Å². The summed E-state index contributed by atoms with van der Waals surface area (Å²) in [7, 11) is 0. The lowest BCUT2D eigenvalue weighted by molar-refractivity contribution is 0.198. The second-order valence-electron chi connectivity index (χ2n) is 4.06. The van der Waals surface area contributed by atoms with E-state index in [9.17, 15) is 9.50 Å². The Bertz CT molecular complexity index is 451. The number of halogens is 1. The van der Waals surface area contributed by atoms with E-state index in [1.807, 2.05) is 0 Å². The van der Waals surface area contributed by atoms with Gasteiger partial charge in [0.25, 0.3) is 0 Å². The van der Waals surface area contributed by atoms with Crippen molar-refractivity contribution in [2.45, 2.75) is 25.4 Å². The van der Waals surface area contributed by atoms with Gasteiger partial charge in [-0.05, 0) is 43.5 Å². The van der Waals surface area contributed by atoms with E-state index in [0.29, 0.717) is 17.7 Å². The predicted molar refractivity (Wildman–Crippen MR) is 65.6 cm³/mol. The Labute approximate surface area is 99.5 Å². The van der Waals surface area contributed by atoms with Crippen LogP contribution < -0.4 is 5.73 Å². The third kappa shape index (κ3) is 2.71. The third-order valence-electron chi connectivity index (χ3n) is 2.85. The summed E-state index contributed by atoms with van der Waals surface area (Å²) in [6, 6.07) is 5.95. The molecule has 1 aliphatic rings. The molecule has 17 heavy (non-hydrogen) atoms. The Hall–Kier alpha value is -1.68. The average molecular weight is 234 g/mol. The van der Waals surface area contributed by atoms with Crippen molar-refractivity contribution < 1.29 is 9.50 Å². The molecule has 0 radical (unpaired) electrons. The number of hydrogen-bond donors (Lipinski definition) is 2. The van der Waals surface area contributed by atoms with Gasteiger partial charge >= 0.3 is 0 Å². The highest BCUT2D eigenvalue weighted by atomic mass is 19.1. The Morgan fingerprint density at radius 1 is 1.35 bits per heavy atom. The molecular weight excluding hydrogens is 219 g/mol. The first-order valence-corrected chi connectivity index (χ1v) is 5.64. The standard InChI is InChI=1S/C13H15FN2O/c14-9-4-6-10(7-5-9)16-12-2-1-3-13(17)11(12)8-15/h4-8,13,17H,1-3,15H2/t13-/m1/s1. The Morgan fingerprint density at radius 2 is 2.06 bits per heavy atom. The highest BCUT2D eigenvalue weighted by molar-refractivity contribution is 6.03. The van der Waals surface area contributed by atoms with Crippen LogP contribution in [0.4, 0.5) is 10.1 Å². The zero-order valence-corrected chi connectivity index (χ0v) is 9.44. The fourth-order valence-electron chi connectivity index (χ4n) is 1.95. The lowest BCUT2D eigenvalue weighted by atomic mass is 9.90. The van der Waals surface area contributed by atoms with Crippen molar-refractivity contribution in [3.63, 3.8) is 0 Å². The first kappa shape index (κ1) is 11.8. The van der Waals surface area contributed by atoms with Gasteiger partial charge in [-0.3, -0.25) is 4.99 Å². The number of benzene rings is 1. The van der Waals surface area contributed by atoms with Crippen LogP contribution in [-0.2, 0) is 0 Å². The molecule has 0 heterocycles. The molecule has 0 bridgehead atoms. The van der Waals surface area contributed by atoms with Gasteiger partial charge in [0.05, 0.1) is 11.8 Å². The summed E-state index contributed by atoms with van der Waals surface area (Å²) in [5.41, 5.74) is 7.65. The lowest BCUT2D eigenvalue weighted by Gasteiger charge is -2.22. The largest absolute Gasteiger partial charge is 0.404 e. The predicted octanol–water partition coefficient (Wildman–Crippen LogP) is 2.29. The SMILES string of the molecule is NC=C1C(=Nc2ccc(F)cc2)CCC[C@H]1O. The average Bonchev–Trinajstić information content (AvgIpc) is 2.32. The maximum atomic E-state index is 12.8. The molecule has 1 aliphatic carbocycles. The number of nitrogens with two attached hydrogens (primary N) is 1. The molecule has 90 valence electrons. The molecule has 0 aromatic heterocycles. The highest BCUT2D eigenvalue weighted by Crippen LogP contribution is 2.24. The highest BCUT2D eigenvalue weighted by Gasteiger charge is 2.21. The van der Waals surface area contributed by atoms with Crippen molar-refractivity contribution >= 4 is 11.4 Å². The Kier molecular flexibility index (Phi) is 3.54. The summed E-state index contributed by atoms with van der Waals surface area (Å²) in [5, 5.41) is 9.77. The number of rotatable bonds is 1. The summed E-state index contributed by atoms with van der Waals surface area (Å²) in [5.74, 6) is -0.285. The zero-order valence-electron chi connectivity index (χ0n) is 9.44. The summed E-state index contributed by atoms with van der Waals surface area (Å²) in [6.07, 6.45) is 3.26. The first-order chi connectivity index (χ1) is 8.20. The van der Waals surface area contributed by atoms with Gasteiger partial charge < -0.3 is 10.8 Å². The minimum atomic E-state index is -0.534. The monoisotopic (exact) mass is 234 g/mol. The van der Waals surface area contributed by atoms with E-state index < -0.39 is 6.10 Å². The maximum absolute atomic E-state index is 12.8. The number of aliphatic hydroxyl groups is 1. The minimum absolute atomic E-state index is 0.285. The topological polar surface area (TPSA) is 58.6 Å². The molecule has 4 heteroatoms. The van der Waals surface area contributed by atoms with E-state index in [-0.39, 0.29) is 5.82 Å². The normalized spacial score (nSPS) is 25.4. The molecule has 1 fully saturated rings. The van der Waals surface area contributed by atoms with Crippen LogP contribution in [0.2, 0.25) is 0 Å². The van der Waals surface area contributed by atoms with Gasteiger partial charge in [-0.25, -0.2) is 4.39 Å². The molecule has 3 N–H and O–H groups in total. The van der Waals surface area contributed by atoms with Crippen molar-refractivity contribution in [2.75, 3.05) is 0 Å². The molecule has 1 aromatic carbocycles. The van der Waals surface area contributed by atoms with Gasteiger partial charge in [-0.2, -0.15) is 0 Å². The molecule has 1 atom stereocenters. The summed E-state index contributed by atoms with van der Waals surface area (Å²) in [6.45, 7) is 0. The second kappa shape index (κ2) is 5.10. The van der Waals surface area contributed by atoms with Crippen LogP contribution in [0.3, 0.4) is 0 Å². The number of nitrogens with zero attached hydrogens (tertiary/aromatic N) is 1. The molecule has 1 aromatic rings. The molecule has 1 saturated carbocycles. The molecule has 0 unspecified atom stereocenters. The van der Waals surface area contributed by atoms with Crippen LogP contribution in [0.1, 0.15) is 19.3 Å². The van der Waals surface area contributed by atoms with E-state index in [1.54, 1.807) is 12.1 Å². The van der Waals surface area contributed by atoms with Crippen molar-refractivity contribution in [2.24, 2.45) is 10.7 Å². The fourth-order valence-corrected chi connectivity index (χ4v) is 1.95. The van der Waals surface area contributed by atoms with Gasteiger partial charge in [-0.15, -0.1) is 0 Å². The maximum Gasteiger partial charge on any atom is 0.123 e. The van der Waals surface area contributed by atoms with Gasteiger partial charge in [0, 0.05) is 17.5 Å². The van der Waals surface area contributed by atoms with E-state index in [1.165, 1.54) is 18.3 Å². The smallest absolute Gasteiger partial charge is 0.123 e. The molecule has 2 rings (SSSR count). The van der Waals surface area contributed by atoms with Gasteiger partial charge in [0.1, 0.15) is 5.82 Å². The van der Waals surface area contributed by atoms with Crippen molar-refractivity contribution in [1.82, 2.24) is 0 Å². The van der Waals surface area contributed by atoms with Crippen LogP contribution in [0.5, 0.6) is 0 Å².